The molecule has 0 saturated carbocycles. The van der Waals surface area contributed by atoms with Gasteiger partial charge in [0, 0.05) is 18.4 Å². The first-order valence-electron chi connectivity index (χ1n) is 6.17. The second-order valence-electron chi connectivity index (χ2n) is 4.31. The van der Waals surface area contributed by atoms with E-state index in [-0.39, 0.29) is 18.4 Å². The van der Waals surface area contributed by atoms with Crippen LogP contribution in [0.25, 0.3) is 0 Å². The third-order valence-electron chi connectivity index (χ3n) is 3.03. The number of esters is 1. The highest BCUT2D eigenvalue weighted by molar-refractivity contribution is 5.89. The number of carbonyl (C=O) groups excluding carboxylic acids is 1. The van der Waals surface area contributed by atoms with Gasteiger partial charge in [-0.05, 0) is 37.9 Å². The predicted molar refractivity (Wildman–Crippen MR) is 72.0 cm³/mol. The number of nitrogens with one attached hydrogen (secondary N) is 1. The molecule has 1 atom stereocenters. The van der Waals surface area contributed by atoms with Crippen molar-refractivity contribution in [3.05, 3.63) is 30.1 Å². The molecule has 0 aliphatic carbocycles. The van der Waals surface area contributed by atoms with Crippen molar-refractivity contribution >= 4 is 18.4 Å². The van der Waals surface area contributed by atoms with E-state index in [1.807, 2.05) is 0 Å². The fourth-order valence-electron chi connectivity index (χ4n) is 2.04. The van der Waals surface area contributed by atoms with Gasteiger partial charge in [-0.2, -0.15) is 0 Å². The Morgan fingerprint density at radius 3 is 2.83 bits per heavy atom. The zero-order valence-electron chi connectivity index (χ0n) is 10.3. The molecule has 100 valence electrons. The van der Waals surface area contributed by atoms with Gasteiger partial charge in [-0.1, -0.05) is 6.42 Å². The van der Waals surface area contributed by atoms with Crippen molar-refractivity contribution < 1.29 is 9.53 Å². The van der Waals surface area contributed by atoms with E-state index in [4.69, 9.17) is 4.74 Å². The van der Waals surface area contributed by atoms with Crippen molar-refractivity contribution in [2.75, 3.05) is 13.2 Å². The van der Waals surface area contributed by atoms with E-state index in [0.29, 0.717) is 18.2 Å². The van der Waals surface area contributed by atoms with Crippen molar-refractivity contribution in [3.63, 3.8) is 0 Å². The molecule has 1 aromatic heterocycles. The molecule has 1 saturated heterocycles. The van der Waals surface area contributed by atoms with E-state index in [9.17, 15) is 4.79 Å². The van der Waals surface area contributed by atoms with Gasteiger partial charge < -0.3 is 10.1 Å². The Morgan fingerprint density at radius 1 is 1.39 bits per heavy atom. The van der Waals surface area contributed by atoms with Gasteiger partial charge in [-0.3, -0.25) is 4.98 Å². The molecule has 0 aromatic carbocycles. The third-order valence-corrected chi connectivity index (χ3v) is 3.03. The van der Waals surface area contributed by atoms with Crippen LogP contribution in [0.5, 0.6) is 0 Å². The maximum Gasteiger partial charge on any atom is 0.338 e. The molecule has 1 unspecified atom stereocenters. The van der Waals surface area contributed by atoms with Crippen LogP contribution in [0.3, 0.4) is 0 Å². The molecular weight excluding hydrogens is 252 g/mol. The summed E-state index contributed by atoms with van der Waals surface area (Å²) in [5.74, 6) is -0.261. The zero-order chi connectivity index (χ0) is 11.9. The Bertz CT molecular complexity index is 353. The van der Waals surface area contributed by atoms with Gasteiger partial charge in [0.2, 0.25) is 0 Å². The number of pyridine rings is 1. The van der Waals surface area contributed by atoms with E-state index >= 15 is 0 Å². The minimum Gasteiger partial charge on any atom is -0.462 e. The van der Waals surface area contributed by atoms with Gasteiger partial charge in [0.1, 0.15) is 0 Å². The van der Waals surface area contributed by atoms with Crippen LogP contribution in [0, 0.1) is 0 Å². The Morgan fingerprint density at radius 2 is 2.17 bits per heavy atom. The second-order valence-corrected chi connectivity index (χ2v) is 4.31. The average Bonchev–Trinajstić information content (AvgIpc) is 2.41. The lowest BCUT2D eigenvalue weighted by Crippen LogP contribution is -2.35. The quantitative estimate of drug-likeness (QED) is 0.852. The Hall–Kier alpha value is -1.13. The van der Waals surface area contributed by atoms with Crippen molar-refractivity contribution in [3.8, 4) is 0 Å². The first-order chi connectivity index (χ1) is 8.36. The predicted octanol–water partition coefficient (Wildman–Crippen LogP) is 2.19. The van der Waals surface area contributed by atoms with Crippen LogP contribution < -0.4 is 5.32 Å². The van der Waals surface area contributed by atoms with Gasteiger partial charge >= 0.3 is 5.97 Å². The van der Waals surface area contributed by atoms with Gasteiger partial charge in [-0.15, -0.1) is 12.4 Å². The maximum atomic E-state index is 11.6. The average molecular weight is 271 g/mol. The largest absolute Gasteiger partial charge is 0.462 e. The fraction of sp³-hybridized carbons (Fsp3) is 0.538. The van der Waals surface area contributed by atoms with E-state index < -0.39 is 0 Å². The number of halogens is 1. The van der Waals surface area contributed by atoms with Crippen LogP contribution in [-0.4, -0.2) is 30.1 Å². The normalized spacial score (nSPS) is 18.8. The number of carbonyl (C=O) groups is 1. The number of aromatic nitrogens is 1. The van der Waals surface area contributed by atoms with Gasteiger partial charge in [0.15, 0.2) is 0 Å². The molecule has 18 heavy (non-hydrogen) atoms. The fourth-order valence-corrected chi connectivity index (χ4v) is 2.04. The number of rotatable bonds is 4. The first-order valence-corrected chi connectivity index (χ1v) is 6.17. The van der Waals surface area contributed by atoms with E-state index in [0.717, 1.165) is 13.0 Å². The topological polar surface area (TPSA) is 51.2 Å². The lowest BCUT2D eigenvalue weighted by molar-refractivity contribution is 0.0486. The van der Waals surface area contributed by atoms with Crippen LogP contribution in [0.2, 0.25) is 0 Å². The van der Waals surface area contributed by atoms with Crippen molar-refractivity contribution in [2.24, 2.45) is 0 Å². The highest BCUT2D eigenvalue weighted by Crippen LogP contribution is 2.10. The van der Waals surface area contributed by atoms with Gasteiger partial charge in [0.05, 0.1) is 12.2 Å². The first kappa shape index (κ1) is 14.9. The molecule has 0 bridgehead atoms. The molecule has 1 fully saturated rings. The van der Waals surface area contributed by atoms with Crippen molar-refractivity contribution in [1.82, 2.24) is 10.3 Å². The summed E-state index contributed by atoms with van der Waals surface area (Å²) < 4.78 is 5.22. The van der Waals surface area contributed by atoms with Crippen LogP contribution in [-0.2, 0) is 4.74 Å². The Kier molecular flexibility index (Phi) is 6.68. The van der Waals surface area contributed by atoms with Crippen molar-refractivity contribution in [1.29, 1.82) is 0 Å². The minimum atomic E-state index is -0.261. The molecule has 1 aliphatic heterocycles. The van der Waals surface area contributed by atoms with Crippen molar-refractivity contribution in [2.45, 2.75) is 31.7 Å². The summed E-state index contributed by atoms with van der Waals surface area (Å²) in [5.41, 5.74) is 0.566. The summed E-state index contributed by atoms with van der Waals surface area (Å²) in [6.07, 6.45) is 7.81. The van der Waals surface area contributed by atoms with Crippen LogP contribution >= 0.6 is 12.4 Å². The van der Waals surface area contributed by atoms with E-state index in [2.05, 4.69) is 10.3 Å². The summed E-state index contributed by atoms with van der Waals surface area (Å²) in [4.78, 5) is 15.5. The molecule has 1 N–H and O–H groups in total. The van der Waals surface area contributed by atoms with Crippen LogP contribution in [0.15, 0.2) is 24.5 Å². The summed E-state index contributed by atoms with van der Waals surface area (Å²) >= 11 is 0. The SMILES string of the molecule is Cl.O=C(OCCC1CCCCN1)c1ccncc1. The molecule has 0 spiro atoms. The highest BCUT2D eigenvalue weighted by atomic mass is 35.5. The highest BCUT2D eigenvalue weighted by Gasteiger charge is 2.13. The monoisotopic (exact) mass is 270 g/mol. The zero-order valence-corrected chi connectivity index (χ0v) is 11.1. The molecule has 2 rings (SSSR count). The summed E-state index contributed by atoms with van der Waals surface area (Å²) in [5, 5.41) is 3.43. The Labute approximate surface area is 114 Å². The lowest BCUT2D eigenvalue weighted by Gasteiger charge is -2.23. The molecule has 5 heteroatoms. The van der Waals surface area contributed by atoms with Crippen LogP contribution in [0.1, 0.15) is 36.0 Å². The van der Waals surface area contributed by atoms with Gasteiger partial charge in [0.25, 0.3) is 0 Å². The lowest BCUT2D eigenvalue weighted by atomic mass is 10.0. The summed E-state index contributed by atoms with van der Waals surface area (Å²) in [7, 11) is 0. The van der Waals surface area contributed by atoms with Crippen LogP contribution in [0.4, 0.5) is 0 Å². The minimum absolute atomic E-state index is 0. The Balaban J connectivity index is 0.00000162. The molecule has 4 nitrogen and oxygen atoms in total. The van der Waals surface area contributed by atoms with Gasteiger partial charge in [-0.25, -0.2) is 4.79 Å². The summed E-state index contributed by atoms with van der Waals surface area (Å²) in [6, 6.07) is 3.84. The smallest absolute Gasteiger partial charge is 0.338 e. The van der Waals surface area contributed by atoms with E-state index in [1.165, 1.54) is 19.3 Å². The summed E-state index contributed by atoms with van der Waals surface area (Å²) in [6.45, 7) is 1.57. The number of hydrogen-bond donors (Lipinski definition) is 1. The molecule has 2 heterocycles. The molecule has 0 amide bonds. The number of ether oxygens (including phenoxy) is 1. The molecular formula is C13H19ClN2O2. The van der Waals surface area contributed by atoms with E-state index in [1.54, 1.807) is 24.5 Å². The molecule has 1 aromatic rings. The number of nitrogens with zero attached hydrogens (tertiary/aromatic N) is 1. The standard InChI is InChI=1S/C13H18N2O2.ClH/c16-13(11-4-8-14-9-5-11)17-10-6-12-3-1-2-7-15-12;/h4-5,8-9,12,15H,1-3,6-7,10H2;1H. The maximum absolute atomic E-state index is 11.6. The molecule has 0 radical (unpaired) electrons. The second kappa shape index (κ2) is 8.06. The third kappa shape index (κ3) is 4.63. The molecule has 1 aliphatic rings. The number of hydrogen-bond acceptors (Lipinski definition) is 4. The number of piperidine rings is 1.